The van der Waals surface area contributed by atoms with Gasteiger partial charge in [-0.15, -0.1) is 0 Å². The topological polar surface area (TPSA) is 26.3 Å². The lowest BCUT2D eigenvalue weighted by Crippen LogP contribution is -2.11. The van der Waals surface area contributed by atoms with Crippen molar-refractivity contribution in [2.75, 3.05) is 0 Å². The Morgan fingerprint density at radius 2 is 0.725 bits per heavy atom. The second kappa shape index (κ2) is 14.4. The molecule has 0 unspecified atom stereocenters. The van der Waals surface area contributed by atoms with Gasteiger partial charge >= 0.3 is 0 Å². The predicted octanol–water partition coefficient (Wildman–Crippen LogP) is 19.2. The summed E-state index contributed by atoms with van der Waals surface area (Å²) in [5.74, 6) is 0. The van der Waals surface area contributed by atoms with Crippen LogP contribution in [-0.2, 0) is 23.7 Å². The average molecular weight is 889 g/mol. The van der Waals surface area contributed by atoms with Crippen molar-refractivity contribution < 1.29 is 8.83 Å². The molecule has 0 aliphatic heterocycles. The Kier molecular flexibility index (Phi) is 8.44. The first-order valence-corrected chi connectivity index (χ1v) is 24.8. The van der Waals surface area contributed by atoms with Crippen LogP contribution in [0.5, 0.6) is 0 Å². The summed E-state index contributed by atoms with van der Waals surface area (Å²) >= 11 is 0. The second-order valence-corrected chi connectivity index (χ2v) is 21.8. The number of furan rings is 2. The fourth-order valence-electron chi connectivity index (χ4n) is 12.4. The van der Waals surface area contributed by atoms with Gasteiger partial charge in [-0.05, 0) is 143 Å². The Morgan fingerprint density at radius 1 is 0.333 bits per heavy atom. The maximum Gasteiger partial charge on any atom is 0.143 e. The third-order valence-electron chi connectivity index (χ3n) is 15.7. The molecule has 12 aromatic rings. The quantitative estimate of drug-likeness (QED) is 0.176. The molecule has 2 aliphatic rings. The lowest BCUT2D eigenvalue weighted by atomic mass is 9.78. The molecule has 2 nitrogen and oxygen atoms in total. The molecule has 0 fully saturated rings. The van der Waals surface area contributed by atoms with Gasteiger partial charge in [-0.2, -0.15) is 0 Å². The highest BCUT2D eigenvalue weighted by Gasteiger charge is 2.36. The minimum Gasteiger partial charge on any atom is -0.455 e. The first kappa shape index (κ1) is 40.4. The zero-order valence-corrected chi connectivity index (χ0v) is 40.1. The second-order valence-electron chi connectivity index (χ2n) is 21.8. The monoisotopic (exact) mass is 888 g/mol. The van der Waals surface area contributed by atoms with Gasteiger partial charge < -0.3 is 8.83 Å². The smallest absolute Gasteiger partial charge is 0.143 e. The van der Waals surface area contributed by atoms with Crippen LogP contribution in [0.4, 0.5) is 0 Å². The van der Waals surface area contributed by atoms with E-state index in [0.717, 1.165) is 74.3 Å². The van der Waals surface area contributed by atoms with E-state index in [1.165, 1.54) is 99.4 Å². The largest absolute Gasteiger partial charge is 0.455 e. The predicted molar refractivity (Wildman–Crippen MR) is 292 cm³/mol. The SMILES string of the molecule is CC(C)(C)c1ccc(-c2cc3c4c(cc(-c5ccc(C(C)(C)C)cc5)c5c4c2CCC5)-c2c-3c(-c3cccc4c3oc3ccccc34)c3ccccc3c2-c2cccc3c2oc2ccccc23)cc1. The summed E-state index contributed by atoms with van der Waals surface area (Å²) in [4.78, 5) is 0. The molecule has 0 amide bonds. The van der Waals surface area contributed by atoms with E-state index in [0.29, 0.717) is 0 Å². The van der Waals surface area contributed by atoms with Crippen molar-refractivity contribution in [3.63, 3.8) is 0 Å². The molecule has 0 saturated carbocycles. The molecule has 2 aliphatic carbocycles. The summed E-state index contributed by atoms with van der Waals surface area (Å²) in [7, 11) is 0. The molecule has 0 spiro atoms. The normalized spacial score (nSPS) is 13.5. The van der Waals surface area contributed by atoms with E-state index in [4.69, 9.17) is 8.83 Å². The Hall–Kier alpha value is -7.68. The van der Waals surface area contributed by atoms with Crippen molar-refractivity contribution in [2.45, 2.75) is 71.6 Å². The Balaban J connectivity index is 1.19. The molecule has 69 heavy (non-hydrogen) atoms. The van der Waals surface area contributed by atoms with Gasteiger partial charge in [0.25, 0.3) is 0 Å². The van der Waals surface area contributed by atoms with Crippen LogP contribution in [0.1, 0.15) is 70.2 Å². The molecular weight excluding hydrogens is 837 g/mol. The van der Waals surface area contributed by atoms with Gasteiger partial charge in [0.2, 0.25) is 0 Å². The van der Waals surface area contributed by atoms with Crippen LogP contribution < -0.4 is 0 Å². The summed E-state index contributed by atoms with van der Waals surface area (Å²) in [6, 6.07) is 63.7. The lowest BCUT2D eigenvalue weighted by molar-refractivity contribution is 0.590. The van der Waals surface area contributed by atoms with E-state index in [9.17, 15) is 0 Å². The van der Waals surface area contributed by atoms with Crippen LogP contribution in [0.2, 0.25) is 0 Å². The van der Waals surface area contributed by atoms with Crippen molar-refractivity contribution in [1.29, 1.82) is 0 Å². The number of benzene rings is 10. The number of fused-ring (bicyclic) bond motifs is 10. The van der Waals surface area contributed by atoms with Gasteiger partial charge in [0.1, 0.15) is 22.3 Å². The number of rotatable bonds is 4. The molecule has 14 rings (SSSR count). The van der Waals surface area contributed by atoms with Gasteiger partial charge in [0.05, 0.1) is 0 Å². The van der Waals surface area contributed by atoms with Crippen LogP contribution in [0.3, 0.4) is 0 Å². The fraction of sp³-hybridized carbons (Fsp3) is 0.164. The highest BCUT2D eigenvalue weighted by atomic mass is 16.3. The molecule has 0 atom stereocenters. The highest BCUT2D eigenvalue weighted by Crippen LogP contribution is 2.62. The molecule has 2 heteroatoms. The van der Waals surface area contributed by atoms with E-state index in [2.05, 4.69) is 211 Å². The van der Waals surface area contributed by atoms with Crippen molar-refractivity contribution in [2.24, 2.45) is 0 Å². The average Bonchev–Trinajstić information content (AvgIpc) is 4.05. The van der Waals surface area contributed by atoms with E-state index in [1.54, 1.807) is 0 Å². The lowest BCUT2D eigenvalue weighted by Gasteiger charge is -2.26. The summed E-state index contributed by atoms with van der Waals surface area (Å²) in [5.41, 5.74) is 24.3. The van der Waals surface area contributed by atoms with Crippen LogP contribution in [0.25, 0.3) is 132 Å². The summed E-state index contributed by atoms with van der Waals surface area (Å²) in [6.45, 7) is 13.8. The van der Waals surface area contributed by atoms with Crippen LogP contribution >= 0.6 is 0 Å². The first-order chi connectivity index (χ1) is 33.5. The minimum atomic E-state index is 0.0510. The standard InChI is InChI=1S/C67H52O2/c1-66(2,3)40-32-28-38(29-33-40)52-36-54-61-55(37-53(47-21-13-20-46(52)58(47)61)39-30-34-41(35-31-39)67(4,5)6)63-60(51-25-15-23-49-43-17-10-12-27-57(43)69-65(49)51)45-19-8-7-18-44(45)59(62(54)63)50-24-14-22-48-42-16-9-11-26-56(42)68-64(48)50/h7-12,14-19,22-37H,13,20-21H2,1-6H3. The Labute approximate surface area is 402 Å². The van der Waals surface area contributed by atoms with E-state index in [-0.39, 0.29) is 10.8 Å². The van der Waals surface area contributed by atoms with Gasteiger partial charge in [-0.1, -0.05) is 187 Å². The van der Waals surface area contributed by atoms with Gasteiger partial charge in [-0.3, -0.25) is 0 Å². The Morgan fingerprint density at radius 3 is 1.14 bits per heavy atom. The third kappa shape index (κ3) is 5.85. The summed E-state index contributed by atoms with van der Waals surface area (Å²) in [6.07, 6.45) is 3.16. The van der Waals surface area contributed by atoms with Crippen molar-refractivity contribution in [3.05, 3.63) is 192 Å². The summed E-state index contributed by atoms with van der Waals surface area (Å²) < 4.78 is 14.0. The van der Waals surface area contributed by atoms with Crippen molar-refractivity contribution in [1.82, 2.24) is 0 Å². The van der Waals surface area contributed by atoms with Crippen LogP contribution in [0.15, 0.2) is 179 Å². The first-order valence-electron chi connectivity index (χ1n) is 24.8. The number of para-hydroxylation sites is 4. The number of hydrogen-bond donors (Lipinski definition) is 0. The minimum absolute atomic E-state index is 0.0510. The zero-order chi connectivity index (χ0) is 46.5. The van der Waals surface area contributed by atoms with E-state index >= 15 is 0 Å². The summed E-state index contributed by atoms with van der Waals surface area (Å²) in [5, 5.41) is 9.71. The third-order valence-corrected chi connectivity index (χ3v) is 15.7. The van der Waals surface area contributed by atoms with E-state index < -0.39 is 0 Å². The number of hydrogen-bond acceptors (Lipinski definition) is 2. The maximum atomic E-state index is 6.99. The molecule has 10 aromatic carbocycles. The highest BCUT2D eigenvalue weighted by molar-refractivity contribution is 6.32. The molecule has 0 bridgehead atoms. The maximum absolute atomic E-state index is 6.99. The molecule has 0 saturated heterocycles. The number of aryl methyl sites for hydroxylation is 2. The van der Waals surface area contributed by atoms with Gasteiger partial charge in [-0.25, -0.2) is 0 Å². The van der Waals surface area contributed by atoms with Crippen LogP contribution in [0, 0.1) is 0 Å². The van der Waals surface area contributed by atoms with Gasteiger partial charge in [0.15, 0.2) is 0 Å². The molecule has 0 radical (unpaired) electrons. The molecule has 332 valence electrons. The van der Waals surface area contributed by atoms with E-state index in [1.807, 2.05) is 0 Å². The molecule has 2 aromatic heterocycles. The fourth-order valence-corrected chi connectivity index (χ4v) is 12.4. The van der Waals surface area contributed by atoms with Crippen molar-refractivity contribution in [3.8, 4) is 66.8 Å². The van der Waals surface area contributed by atoms with Crippen molar-refractivity contribution >= 4 is 65.4 Å². The van der Waals surface area contributed by atoms with Gasteiger partial charge in [0, 0.05) is 43.8 Å². The molecular formula is C67H52O2. The zero-order valence-electron chi connectivity index (χ0n) is 40.1. The van der Waals surface area contributed by atoms with Crippen LogP contribution in [-0.4, -0.2) is 0 Å². The molecule has 0 N–H and O–H groups in total. The Bertz CT molecular complexity index is 3880. The molecule has 2 heterocycles.